The third-order valence-electron chi connectivity index (χ3n) is 1.14. The molecule has 0 unspecified atom stereocenters. The molecule has 0 amide bonds. The maximum Gasteiger partial charge on any atom is 0.0633 e. The summed E-state index contributed by atoms with van der Waals surface area (Å²) in [5.41, 5.74) is 1.13. The van der Waals surface area contributed by atoms with Crippen molar-refractivity contribution in [2.45, 2.75) is 0 Å². The van der Waals surface area contributed by atoms with Crippen molar-refractivity contribution in [3.63, 3.8) is 0 Å². The van der Waals surface area contributed by atoms with Crippen LogP contribution in [-0.4, -0.2) is 11.8 Å². The van der Waals surface area contributed by atoms with E-state index >= 15 is 0 Å². The highest BCUT2D eigenvalue weighted by molar-refractivity contribution is 6.43. The molecule has 0 saturated heterocycles. The van der Waals surface area contributed by atoms with E-state index in [4.69, 9.17) is 46.4 Å². The van der Waals surface area contributed by atoms with Crippen LogP contribution in [0.2, 0.25) is 0 Å². The van der Waals surface area contributed by atoms with Crippen LogP contribution in [0.3, 0.4) is 0 Å². The van der Waals surface area contributed by atoms with E-state index in [-0.39, 0.29) is 11.8 Å². The quantitative estimate of drug-likeness (QED) is 0.513. The predicted molar refractivity (Wildman–Crippen MR) is 58.5 cm³/mol. The molecule has 0 rings (SSSR count). The lowest BCUT2D eigenvalue weighted by atomic mass is 10.2. The Morgan fingerprint density at radius 2 is 1.08 bits per heavy atom. The van der Waals surface area contributed by atoms with Gasteiger partial charge in [-0.25, -0.2) is 0 Å². The van der Waals surface area contributed by atoms with E-state index in [0.29, 0.717) is 21.2 Å². The minimum Gasteiger partial charge on any atom is -0.122 e. The van der Waals surface area contributed by atoms with Crippen molar-refractivity contribution in [3.05, 3.63) is 34.4 Å². The normalized spacial score (nSPS) is 12.3. The van der Waals surface area contributed by atoms with E-state index in [2.05, 4.69) is 13.2 Å². The lowest BCUT2D eigenvalue weighted by Gasteiger charge is -2.04. The van der Waals surface area contributed by atoms with Gasteiger partial charge >= 0.3 is 0 Å². The molecule has 0 fully saturated rings. The molecule has 0 heterocycles. The molecule has 68 valence electrons. The molecule has 0 aliphatic heterocycles. The van der Waals surface area contributed by atoms with E-state index in [1.165, 1.54) is 0 Å². The SMILES string of the molecule is C=C(CCl)/C(Cl)=C(\Cl)C(=C)CCl. The Hall–Kier alpha value is 0.380. The van der Waals surface area contributed by atoms with Crippen molar-refractivity contribution >= 4 is 46.4 Å². The van der Waals surface area contributed by atoms with E-state index in [1.54, 1.807) is 0 Å². The minimum absolute atomic E-state index is 0.241. The smallest absolute Gasteiger partial charge is 0.0633 e. The lowest BCUT2D eigenvalue weighted by molar-refractivity contribution is 1.45. The molecule has 0 nitrogen and oxygen atoms in total. The zero-order valence-corrected chi connectivity index (χ0v) is 9.36. The first-order valence-electron chi connectivity index (χ1n) is 3.08. The van der Waals surface area contributed by atoms with Gasteiger partial charge in [-0.1, -0.05) is 36.4 Å². The van der Waals surface area contributed by atoms with E-state index < -0.39 is 0 Å². The summed E-state index contributed by atoms with van der Waals surface area (Å²) in [6.45, 7) is 7.24. The fourth-order valence-electron chi connectivity index (χ4n) is 0.428. The number of hydrogen-bond acceptors (Lipinski definition) is 0. The van der Waals surface area contributed by atoms with Gasteiger partial charge in [0.2, 0.25) is 0 Å². The number of hydrogen-bond donors (Lipinski definition) is 0. The second-order valence-electron chi connectivity index (χ2n) is 2.10. The monoisotopic (exact) mass is 244 g/mol. The van der Waals surface area contributed by atoms with E-state index in [0.717, 1.165) is 0 Å². The average molecular weight is 246 g/mol. The van der Waals surface area contributed by atoms with Gasteiger partial charge in [-0.05, 0) is 11.1 Å². The van der Waals surface area contributed by atoms with Gasteiger partial charge in [-0.2, -0.15) is 0 Å². The van der Waals surface area contributed by atoms with Crippen LogP contribution in [0.25, 0.3) is 0 Å². The Labute approximate surface area is 92.4 Å². The highest BCUT2D eigenvalue weighted by Gasteiger charge is 2.07. The molecular weight excluding hydrogens is 238 g/mol. The molecular formula is C8H8Cl4. The molecule has 0 aromatic rings. The summed E-state index contributed by atoms with van der Waals surface area (Å²) < 4.78 is 0. The van der Waals surface area contributed by atoms with Crippen molar-refractivity contribution in [1.82, 2.24) is 0 Å². The van der Waals surface area contributed by atoms with Crippen LogP contribution in [0.4, 0.5) is 0 Å². The van der Waals surface area contributed by atoms with Crippen LogP contribution in [0.15, 0.2) is 34.4 Å². The third-order valence-corrected chi connectivity index (χ3v) is 2.79. The Balaban J connectivity index is 4.68. The number of rotatable bonds is 4. The molecule has 0 aromatic heterocycles. The van der Waals surface area contributed by atoms with Gasteiger partial charge in [0, 0.05) is 11.8 Å². The average Bonchev–Trinajstić information content (AvgIpc) is 2.12. The summed E-state index contributed by atoms with van der Waals surface area (Å²) in [5, 5.41) is 0.662. The lowest BCUT2D eigenvalue weighted by Crippen LogP contribution is -1.90. The van der Waals surface area contributed by atoms with Gasteiger partial charge in [-0.15, -0.1) is 23.2 Å². The van der Waals surface area contributed by atoms with Crippen molar-refractivity contribution in [1.29, 1.82) is 0 Å². The summed E-state index contributed by atoms with van der Waals surface area (Å²) in [6, 6.07) is 0. The van der Waals surface area contributed by atoms with Crippen LogP contribution in [-0.2, 0) is 0 Å². The van der Waals surface area contributed by atoms with Crippen LogP contribution < -0.4 is 0 Å². The van der Waals surface area contributed by atoms with Gasteiger partial charge in [-0.3, -0.25) is 0 Å². The van der Waals surface area contributed by atoms with Crippen LogP contribution in [0.1, 0.15) is 0 Å². The van der Waals surface area contributed by atoms with Gasteiger partial charge in [0.05, 0.1) is 10.1 Å². The summed E-state index contributed by atoms with van der Waals surface area (Å²) in [5.74, 6) is 0.481. The Morgan fingerprint density at radius 3 is 1.25 bits per heavy atom. The molecule has 0 radical (unpaired) electrons. The van der Waals surface area contributed by atoms with E-state index in [9.17, 15) is 0 Å². The minimum atomic E-state index is 0.241. The molecule has 0 saturated carbocycles. The first-order chi connectivity index (χ1) is 5.54. The second-order valence-corrected chi connectivity index (χ2v) is 3.39. The molecule has 0 atom stereocenters. The maximum absolute atomic E-state index is 5.80. The molecule has 0 aromatic carbocycles. The molecule has 0 spiro atoms. The number of allylic oxidation sites excluding steroid dienone is 4. The van der Waals surface area contributed by atoms with Gasteiger partial charge in [0.25, 0.3) is 0 Å². The predicted octanol–water partition coefficient (Wildman–Crippen LogP) is 4.27. The standard InChI is InChI=1S/C8H8Cl4/c1-5(3-9)7(11)8(12)6(2)4-10/h1-4H2/b8-7+. The molecule has 0 aliphatic rings. The van der Waals surface area contributed by atoms with Gasteiger partial charge in [0.15, 0.2) is 0 Å². The zero-order chi connectivity index (χ0) is 9.72. The Kier molecular flexibility index (Phi) is 6.12. The second kappa shape index (κ2) is 5.93. The summed E-state index contributed by atoms with van der Waals surface area (Å²) in [6.07, 6.45) is 0. The molecule has 0 aliphatic carbocycles. The highest BCUT2D eigenvalue weighted by atomic mass is 35.5. The molecule has 4 heteroatoms. The van der Waals surface area contributed by atoms with Crippen molar-refractivity contribution in [2.24, 2.45) is 0 Å². The van der Waals surface area contributed by atoms with E-state index in [1.807, 2.05) is 0 Å². The van der Waals surface area contributed by atoms with Gasteiger partial charge < -0.3 is 0 Å². The highest BCUT2D eigenvalue weighted by Crippen LogP contribution is 2.27. The van der Waals surface area contributed by atoms with Crippen LogP contribution in [0, 0.1) is 0 Å². The Morgan fingerprint density at radius 1 is 0.833 bits per heavy atom. The molecule has 0 bridgehead atoms. The summed E-state index contributed by atoms with van der Waals surface area (Å²) in [4.78, 5) is 0. The number of alkyl halides is 2. The topological polar surface area (TPSA) is 0 Å². The Bertz CT molecular complexity index is 203. The van der Waals surface area contributed by atoms with Crippen molar-refractivity contribution in [2.75, 3.05) is 11.8 Å². The van der Waals surface area contributed by atoms with Crippen molar-refractivity contribution in [3.8, 4) is 0 Å². The first kappa shape index (κ1) is 12.4. The number of halogens is 4. The van der Waals surface area contributed by atoms with Crippen LogP contribution in [0.5, 0.6) is 0 Å². The zero-order valence-electron chi connectivity index (χ0n) is 6.34. The molecule has 0 N–H and O–H groups in total. The van der Waals surface area contributed by atoms with Crippen molar-refractivity contribution < 1.29 is 0 Å². The first-order valence-corrected chi connectivity index (χ1v) is 4.90. The summed E-state index contributed by atoms with van der Waals surface area (Å²) >= 11 is 22.6. The maximum atomic E-state index is 5.80. The largest absolute Gasteiger partial charge is 0.122 e. The van der Waals surface area contributed by atoms with Crippen LogP contribution >= 0.6 is 46.4 Å². The third kappa shape index (κ3) is 3.40. The summed E-state index contributed by atoms with van der Waals surface area (Å²) in [7, 11) is 0. The fourth-order valence-corrected chi connectivity index (χ4v) is 1.23. The fraction of sp³-hybridized carbons (Fsp3) is 0.250. The van der Waals surface area contributed by atoms with Gasteiger partial charge in [0.1, 0.15) is 0 Å². The molecule has 12 heavy (non-hydrogen) atoms.